The second-order valence-corrected chi connectivity index (χ2v) is 10.8. The van der Waals surface area contributed by atoms with Crippen LogP contribution in [0.1, 0.15) is 50.7 Å². The van der Waals surface area contributed by atoms with Gasteiger partial charge in [0.15, 0.2) is 0 Å². The number of ether oxygens (including phenoxy) is 1. The highest BCUT2D eigenvalue weighted by molar-refractivity contribution is 7.16. The van der Waals surface area contributed by atoms with E-state index in [1.54, 1.807) is 6.07 Å². The van der Waals surface area contributed by atoms with Crippen LogP contribution in [-0.2, 0) is 22.4 Å². The number of hydrogen-bond acceptors (Lipinski definition) is 6. The normalized spacial score (nSPS) is 11.5. The number of amides is 1. The van der Waals surface area contributed by atoms with Gasteiger partial charge in [0.1, 0.15) is 11.3 Å². The third kappa shape index (κ3) is 9.42. The van der Waals surface area contributed by atoms with Crippen LogP contribution in [0.3, 0.4) is 0 Å². The number of nitrogens with one attached hydrogen (secondary N) is 1. The first kappa shape index (κ1) is 30.2. The zero-order valence-electron chi connectivity index (χ0n) is 22.5. The van der Waals surface area contributed by atoms with Crippen molar-refractivity contribution in [3.05, 3.63) is 62.2 Å². The Morgan fingerprint density at radius 1 is 1.03 bits per heavy atom. The van der Waals surface area contributed by atoms with Gasteiger partial charge in [0.05, 0.1) is 24.3 Å². The number of hydrogen-bond donors (Lipinski definition) is 2. The molecule has 1 heterocycles. The monoisotopic (exact) mass is 561 g/mol. The van der Waals surface area contributed by atoms with Gasteiger partial charge in [-0.15, -0.1) is 0 Å². The van der Waals surface area contributed by atoms with E-state index in [-0.39, 0.29) is 16.5 Å². The van der Waals surface area contributed by atoms with Crippen molar-refractivity contribution in [1.82, 2.24) is 14.8 Å². The molecule has 2 N–H and O–H groups in total. The number of aryl methyl sites for hydroxylation is 1. The van der Waals surface area contributed by atoms with Gasteiger partial charge in [0, 0.05) is 24.7 Å². The van der Waals surface area contributed by atoms with Gasteiger partial charge in [0.2, 0.25) is 5.91 Å². The Morgan fingerprint density at radius 2 is 1.84 bits per heavy atom. The lowest BCUT2D eigenvalue weighted by Gasteiger charge is -2.26. The van der Waals surface area contributed by atoms with Crippen molar-refractivity contribution < 1.29 is 14.6 Å². The van der Waals surface area contributed by atoms with E-state index in [4.69, 9.17) is 16.3 Å². The number of rotatable bonds is 17. The maximum Gasteiger partial charge on any atom is 0.305 e. The van der Waals surface area contributed by atoms with Crippen molar-refractivity contribution in [2.24, 2.45) is 0 Å². The summed E-state index contributed by atoms with van der Waals surface area (Å²) >= 11 is 7.18. The Morgan fingerprint density at radius 3 is 2.61 bits per heavy atom. The molecule has 0 aliphatic rings. The van der Waals surface area contributed by atoms with Crippen LogP contribution in [-0.4, -0.2) is 71.7 Å². The van der Waals surface area contributed by atoms with Crippen LogP contribution in [0.2, 0.25) is 5.02 Å². The largest absolute Gasteiger partial charge is 0.506 e. The molecule has 1 amide bonds. The maximum atomic E-state index is 13.0. The number of phenols is 1. The van der Waals surface area contributed by atoms with Crippen molar-refractivity contribution >= 4 is 39.1 Å². The highest BCUT2D eigenvalue weighted by Gasteiger charge is 2.15. The number of nitrogens with zero attached hydrogens (tertiary/aromatic N) is 2. The minimum atomic E-state index is -0.154. The summed E-state index contributed by atoms with van der Waals surface area (Å²) in [7, 11) is 0. The number of fused-ring (bicyclic) bond motifs is 1. The highest BCUT2D eigenvalue weighted by atomic mass is 35.5. The molecule has 3 aromatic rings. The quantitative estimate of drug-likeness (QED) is 0.213. The Balaban J connectivity index is 1.43. The molecule has 0 fully saturated rings. The van der Waals surface area contributed by atoms with E-state index in [9.17, 15) is 14.7 Å². The first-order chi connectivity index (χ1) is 18.4. The van der Waals surface area contributed by atoms with Gasteiger partial charge in [-0.3, -0.25) is 9.59 Å². The van der Waals surface area contributed by atoms with Crippen LogP contribution >= 0.6 is 22.9 Å². The minimum absolute atomic E-state index is 0.109. The fourth-order valence-corrected chi connectivity index (χ4v) is 5.64. The smallest absolute Gasteiger partial charge is 0.305 e. The van der Waals surface area contributed by atoms with Crippen LogP contribution in [0.25, 0.3) is 10.2 Å². The lowest BCUT2D eigenvalue weighted by molar-refractivity contribution is -0.132. The van der Waals surface area contributed by atoms with E-state index in [1.807, 2.05) is 35.2 Å². The molecule has 0 radical (unpaired) electrons. The van der Waals surface area contributed by atoms with Crippen LogP contribution in [0.15, 0.2) is 41.2 Å². The number of benzene rings is 2. The van der Waals surface area contributed by atoms with Crippen molar-refractivity contribution in [2.75, 3.05) is 45.9 Å². The lowest BCUT2D eigenvalue weighted by Crippen LogP contribution is -2.39. The average molecular weight is 562 g/mol. The van der Waals surface area contributed by atoms with Crippen molar-refractivity contribution in [3.8, 4) is 5.75 Å². The van der Waals surface area contributed by atoms with Gasteiger partial charge in [-0.2, -0.15) is 0 Å². The number of aromatic nitrogens is 1. The first-order valence-electron chi connectivity index (χ1n) is 13.6. The zero-order chi connectivity index (χ0) is 27.3. The van der Waals surface area contributed by atoms with Gasteiger partial charge in [0.25, 0.3) is 0 Å². The molecule has 208 valence electrons. The molecular weight excluding hydrogens is 522 g/mol. The molecule has 9 heteroatoms. The highest BCUT2D eigenvalue weighted by Crippen LogP contribution is 2.28. The third-order valence-electron chi connectivity index (χ3n) is 6.83. The van der Waals surface area contributed by atoms with Gasteiger partial charge in [-0.05, 0) is 68.1 Å². The number of halogens is 1. The summed E-state index contributed by atoms with van der Waals surface area (Å²) in [6, 6.07) is 11.3. The van der Waals surface area contributed by atoms with Crippen molar-refractivity contribution in [1.29, 1.82) is 0 Å². The summed E-state index contributed by atoms with van der Waals surface area (Å²) in [5.41, 5.74) is 2.73. The molecule has 3 rings (SSSR count). The van der Waals surface area contributed by atoms with Gasteiger partial charge in [-0.1, -0.05) is 61.4 Å². The number of aromatic amines is 1. The second kappa shape index (κ2) is 15.9. The number of likely N-dealkylation sites (N-methyl/N-ethyl adjacent to an activating group) is 1. The predicted molar refractivity (Wildman–Crippen MR) is 157 cm³/mol. The minimum Gasteiger partial charge on any atom is -0.506 e. The molecule has 0 unspecified atom stereocenters. The first-order valence-corrected chi connectivity index (χ1v) is 14.8. The molecule has 0 saturated heterocycles. The molecule has 1 aromatic heterocycles. The topological polar surface area (TPSA) is 85.9 Å². The number of phenolic OH excluding ortho intramolecular Hbond substituents is 1. The maximum absolute atomic E-state index is 13.0. The Labute approximate surface area is 234 Å². The number of H-pyrrole nitrogens is 1. The van der Waals surface area contributed by atoms with E-state index in [0.717, 1.165) is 97.0 Å². The number of carbonyl (C=O) groups is 1. The molecule has 0 atom stereocenters. The van der Waals surface area contributed by atoms with Crippen LogP contribution in [0.4, 0.5) is 0 Å². The lowest BCUT2D eigenvalue weighted by atomic mass is 10.1. The SMILES string of the molecule is CCN(CC)CCN(CCCCCc1ccc(O)c2[nH]c(=O)sc12)C(=O)CCOCCc1cccc(Cl)c1. The molecule has 0 aliphatic carbocycles. The fourth-order valence-electron chi connectivity index (χ4n) is 4.53. The number of carbonyl (C=O) groups excluding carboxylic acids is 1. The van der Waals surface area contributed by atoms with Gasteiger partial charge in [-0.25, -0.2) is 0 Å². The average Bonchev–Trinajstić information content (AvgIpc) is 3.31. The summed E-state index contributed by atoms with van der Waals surface area (Å²) < 4.78 is 6.60. The van der Waals surface area contributed by atoms with E-state index in [1.165, 1.54) is 0 Å². The summed E-state index contributed by atoms with van der Waals surface area (Å²) in [6.07, 6.45) is 4.84. The van der Waals surface area contributed by atoms with Crippen LogP contribution in [0.5, 0.6) is 5.75 Å². The van der Waals surface area contributed by atoms with Gasteiger partial charge >= 0.3 is 4.87 Å². The molecule has 2 aromatic carbocycles. The summed E-state index contributed by atoms with van der Waals surface area (Å²) in [5, 5.41) is 10.7. The van der Waals surface area contributed by atoms with Crippen LogP contribution in [0, 0.1) is 0 Å². The predicted octanol–water partition coefficient (Wildman–Crippen LogP) is 5.48. The molecule has 7 nitrogen and oxygen atoms in total. The Bertz CT molecular complexity index is 1210. The molecule has 0 saturated carbocycles. The van der Waals surface area contributed by atoms with Crippen LogP contribution < -0.4 is 4.87 Å². The number of unbranched alkanes of at least 4 members (excludes halogenated alkanes) is 2. The molecule has 0 bridgehead atoms. The number of thiazole rings is 1. The van der Waals surface area contributed by atoms with Gasteiger partial charge < -0.3 is 24.6 Å². The third-order valence-corrected chi connectivity index (χ3v) is 8.02. The standard InChI is InChI=1S/C29H40ClN3O4S/c1-3-32(4-2)17-18-33(26(35)15-20-37-19-14-22-9-8-11-24(30)21-22)16-7-5-6-10-23-12-13-25(34)27-28(23)38-29(36)31-27/h8-9,11-13,21,34H,3-7,10,14-20H2,1-2H3,(H,31,36). The second-order valence-electron chi connectivity index (χ2n) is 9.42. The Kier molecular flexibility index (Phi) is 12.6. The van der Waals surface area contributed by atoms with Crippen molar-refractivity contribution in [3.63, 3.8) is 0 Å². The summed E-state index contributed by atoms with van der Waals surface area (Å²) in [5.74, 6) is 0.246. The van der Waals surface area contributed by atoms with E-state index in [2.05, 4.69) is 23.7 Å². The summed E-state index contributed by atoms with van der Waals surface area (Å²) in [4.78, 5) is 31.7. The molecule has 0 spiro atoms. The zero-order valence-corrected chi connectivity index (χ0v) is 24.1. The molecule has 0 aliphatic heterocycles. The fraction of sp³-hybridized carbons (Fsp3) is 0.517. The summed E-state index contributed by atoms with van der Waals surface area (Å²) in [6.45, 7) is 9.52. The van der Waals surface area contributed by atoms with E-state index >= 15 is 0 Å². The van der Waals surface area contributed by atoms with E-state index < -0.39 is 0 Å². The molecule has 38 heavy (non-hydrogen) atoms. The Hall–Kier alpha value is -2.39. The van der Waals surface area contributed by atoms with E-state index in [0.29, 0.717) is 25.2 Å². The molecular formula is C29H40ClN3O4S. The number of aromatic hydroxyl groups is 1. The van der Waals surface area contributed by atoms with Crippen molar-refractivity contribution in [2.45, 2.75) is 52.4 Å².